The lowest BCUT2D eigenvalue weighted by molar-refractivity contribution is -0.926. The summed E-state index contributed by atoms with van der Waals surface area (Å²) in [5.74, 6) is -0.117. The summed E-state index contributed by atoms with van der Waals surface area (Å²) in [6.45, 7) is 5.67. The highest BCUT2D eigenvalue weighted by molar-refractivity contribution is 6.02. The van der Waals surface area contributed by atoms with Crippen LogP contribution in [0.4, 0.5) is 5.69 Å². The van der Waals surface area contributed by atoms with Crippen molar-refractivity contribution in [1.29, 1.82) is 0 Å². The van der Waals surface area contributed by atoms with Gasteiger partial charge in [-0.2, -0.15) is 0 Å². The number of likely N-dealkylation sites (tertiary alicyclic amines) is 1. The molecular weight excluding hydrogens is 519 g/mol. The Morgan fingerprint density at radius 1 is 0.909 bits per heavy atom. The third kappa shape index (κ3) is 7.27. The molecule has 4 heteroatoms. The Morgan fingerprint density at radius 3 is 2.30 bits per heavy atom. The van der Waals surface area contributed by atoms with Gasteiger partial charge in [-0.05, 0) is 67.2 Å². The molecule has 0 spiro atoms. The maximum absolute atomic E-state index is 12.4. The summed E-state index contributed by atoms with van der Waals surface area (Å²) >= 11 is 0. The maximum Gasteiger partial charge on any atom is 0.248 e. The van der Waals surface area contributed by atoms with Crippen LogP contribution in [0.3, 0.4) is 0 Å². The molecule has 0 bridgehead atoms. The summed E-state index contributed by atoms with van der Waals surface area (Å²) in [5, 5.41) is 2.97. The Bertz CT molecular complexity index is 1080. The molecule has 0 radical (unpaired) electrons. The first kappa shape index (κ1) is 25.2. The number of benzene rings is 3. The predicted molar refractivity (Wildman–Crippen MR) is 134 cm³/mol. The van der Waals surface area contributed by atoms with Crippen molar-refractivity contribution in [2.75, 3.05) is 25.5 Å². The molecule has 3 nitrogen and oxygen atoms in total. The zero-order chi connectivity index (χ0) is 22.4. The van der Waals surface area contributed by atoms with E-state index in [1.54, 1.807) is 6.08 Å². The van der Waals surface area contributed by atoms with Crippen molar-refractivity contribution in [2.24, 2.45) is 0 Å². The van der Waals surface area contributed by atoms with Crippen LogP contribution >= 0.6 is 0 Å². The molecule has 1 aliphatic rings. The molecule has 0 aromatic heterocycles. The highest BCUT2D eigenvalue weighted by Crippen LogP contribution is 2.22. The minimum absolute atomic E-state index is 0. The molecule has 1 amide bonds. The number of carbonyl (C=O) groups is 1. The summed E-state index contributed by atoms with van der Waals surface area (Å²) in [7, 11) is 2.35. The largest absolute Gasteiger partial charge is 1.00 e. The first-order valence-corrected chi connectivity index (χ1v) is 11.6. The Balaban J connectivity index is 0.00000306. The van der Waals surface area contributed by atoms with Gasteiger partial charge in [-0.1, -0.05) is 60.2 Å². The zero-order valence-electron chi connectivity index (χ0n) is 19.6. The van der Waals surface area contributed by atoms with E-state index in [-0.39, 0.29) is 29.9 Å². The summed E-state index contributed by atoms with van der Waals surface area (Å²) < 4.78 is 1.12. The topological polar surface area (TPSA) is 29.1 Å². The molecule has 1 saturated heterocycles. The van der Waals surface area contributed by atoms with Gasteiger partial charge in [-0.15, -0.1) is 0 Å². The van der Waals surface area contributed by atoms with Gasteiger partial charge in [0.05, 0.1) is 20.1 Å². The molecule has 4 rings (SSSR count). The molecule has 3 aromatic carbocycles. The maximum atomic E-state index is 12.4. The normalized spacial score (nSPS) is 15.1. The Hall–Kier alpha value is -2.44. The molecule has 0 atom stereocenters. The van der Waals surface area contributed by atoms with Crippen LogP contribution in [0, 0.1) is 6.92 Å². The van der Waals surface area contributed by atoms with Gasteiger partial charge in [0.15, 0.2) is 0 Å². The number of anilines is 1. The van der Waals surface area contributed by atoms with E-state index in [4.69, 9.17) is 0 Å². The second kappa shape index (κ2) is 11.6. The van der Waals surface area contributed by atoms with E-state index in [0.29, 0.717) is 0 Å². The van der Waals surface area contributed by atoms with E-state index < -0.39 is 0 Å². The first-order valence-electron chi connectivity index (χ1n) is 11.6. The molecule has 1 fully saturated rings. The van der Waals surface area contributed by atoms with E-state index in [0.717, 1.165) is 27.8 Å². The first-order chi connectivity index (χ1) is 15.5. The number of nitrogens with zero attached hydrogens (tertiary/aromatic N) is 1. The van der Waals surface area contributed by atoms with Crippen molar-refractivity contribution >= 4 is 17.7 Å². The van der Waals surface area contributed by atoms with E-state index in [1.165, 1.54) is 49.0 Å². The van der Waals surface area contributed by atoms with Gasteiger partial charge in [0.25, 0.3) is 0 Å². The summed E-state index contributed by atoms with van der Waals surface area (Å²) in [4.78, 5) is 12.4. The number of rotatable bonds is 6. The number of halogens is 1. The lowest BCUT2D eigenvalue weighted by atomic mass is 10.0. The van der Waals surface area contributed by atoms with E-state index >= 15 is 0 Å². The minimum Gasteiger partial charge on any atom is -1.00 e. The fraction of sp³-hybridized carbons (Fsp3) is 0.276. The van der Waals surface area contributed by atoms with E-state index in [2.05, 4.69) is 67.8 Å². The van der Waals surface area contributed by atoms with Gasteiger partial charge in [0, 0.05) is 17.3 Å². The average molecular weight is 553 g/mol. The van der Waals surface area contributed by atoms with Crippen LogP contribution in [0.2, 0.25) is 0 Å². The van der Waals surface area contributed by atoms with E-state index in [1.807, 2.05) is 30.3 Å². The van der Waals surface area contributed by atoms with Crippen molar-refractivity contribution in [2.45, 2.75) is 32.7 Å². The Kier molecular flexibility index (Phi) is 8.87. The van der Waals surface area contributed by atoms with Gasteiger partial charge in [-0.25, -0.2) is 0 Å². The molecule has 3 aromatic rings. The fourth-order valence-electron chi connectivity index (χ4n) is 4.49. The fourth-order valence-corrected chi connectivity index (χ4v) is 4.49. The summed E-state index contributed by atoms with van der Waals surface area (Å²) in [6.07, 6.45) is 7.48. The van der Waals surface area contributed by atoms with Gasteiger partial charge in [0.1, 0.15) is 6.54 Å². The number of aryl methyl sites for hydroxylation is 1. The number of hydrogen-bond donors (Lipinski definition) is 1. The summed E-state index contributed by atoms with van der Waals surface area (Å²) in [5.41, 5.74) is 6.74. The zero-order valence-corrected chi connectivity index (χ0v) is 21.7. The lowest BCUT2D eigenvalue weighted by Crippen LogP contribution is -3.00. The van der Waals surface area contributed by atoms with Crippen LogP contribution in [-0.4, -0.2) is 30.5 Å². The van der Waals surface area contributed by atoms with Crippen LogP contribution < -0.4 is 29.3 Å². The van der Waals surface area contributed by atoms with Gasteiger partial charge in [-0.3, -0.25) is 4.79 Å². The van der Waals surface area contributed by atoms with Crippen LogP contribution in [0.5, 0.6) is 0 Å². The molecule has 1 N–H and O–H groups in total. The second-order valence-corrected chi connectivity index (χ2v) is 9.30. The van der Waals surface area contributed by atoms with Crippen molar-refractivity contribution < 1.29 is 33.3 Å². The number of piperidine rings is 1. The van der Waals surface area contributed by atoms with E-state index in [9.17, 15) is 4.79 Å². The van der Waals surface area contributed by atoms with Crippen molar-refractivity contribution in [3.8, 4) is 11.1 Å². The summed E-state index contributed by atoms with van der Waals surface area (Å²) in [6, 6.07) is 25.0. The van der Waals surface area contributed by atoms with Crippen LogP contribution in [0.25, 0.3) is 17.2 Å². The van der Waals surface area contributed by atoms with Crippen LogP contribution in [-0.2, 0) is 11.3 Å². The highest BCUT2D eigenvalue weighted by Gasteiger charge is 2.24. The molecule has 1 heterocycles. The van der Waals surface area contributed by atoms with Gasteiger partial charge in [0.2, 0.25) is 5.91 Å². The smallest absolute Gasteiger partial charge is 0.248 e. The monoisotopic (exact) mass is 552 g/mol. The minimum atomic E-state index is -0.117. The standard InChI is InChI=1S/C29H32N2O.HI/c1-23-9-14-26(15-10-23)27-8-6-7-24(21-27)13-18-29(32)30-28-16-11-25(12-17-28)22-31(2)19-4-3-5-20-31;/h6-18,21H,3-5,19-20,22H2,1-2H3;1H/b18-13+;. The predicted octanol–water partition coefficient (Wildman–Crippen LogP) is 3.45. The molecule has 33 heavy (non-hydrogen) atoms. The quantitative estimate of drug-likeness (QED) is 0.284. The molecule has 1 aliphatic heterocycles. The number of amides is 1. The third-order valence-corrected chi connectivity index (χ3v) is 6.38. The highest BCUT2D eigenvalue weighted by atomic mass is 127. The Labute approximate surface area is 215 Å². The van der Waals surface area contributed by atoms with Crippen LogP contribution in [0.1, 0.15) is 36.0 Å². The molecule has 172 valence electrons. The number of hydrogen-bond acceptors (Lipinski definition) is 1. The van der Waals surface area contributed by atoms with Crippen molar-refractivity contribution in [3.63, 3.8) is 0 Å². The molecule has 0 unspecified atom stereocenters. The van der Waals surface area contributed by atoms with Gasteiger partial charge < -0.3 is 33.8 Å². The van der Waals surface area contributed by atoms with Crippen molar-refractivity contribution in [3.05, 3.63) is 95.6 Å². The second-order valence-electron chi connectivity index (χ2n) is 9.30. The number of carbonyl (C=O) groups excluding carboxylic acids is 1. The average Bonchev–Trinajstić information content (AvgIpc) is 2.80. The molecular formula is C29H33IN2O. The lowest BCUT2D eigenvalue weighted by Gasteiger charge is -2.37. The third-order valence-electron chi connectivity index (χ3n) is 6.38. The Morgan fingerprint density at radius 2 is 1.61 bits per heavy atom. The number of quaternary nitrogens is 1. The van der Waals surface area contributed by atoms with Gasteiger partial charge >= 0.3 is 0 Å². The molecule has 0 saturated carbocycles. The number of nitrogens with one attached hydrogen (secondary N) is 1. The van der Waals surface area contributed by atoms with Crippen molar-refractivity contribution in [1.82, 2.24) is 0 Å². The SMILES string of the molecule is Cc1ccc(-c2cccc(/C=C/C(=O)Nc3ccc(C[N+]4(C)CCCCC4)cc3)c2)cc1.[I-]. The van der Waals surface area contributed by atoms with Crippen LogP contribution in [0.15, 0.2) is 78.9 Å². The molecule has 0 aliphatic carbocycles.